The van der Waals surface area contributed by atoms with Crippen molar-refractivity contribution in [3.63, 3.8) is 0 Å². The summed E-state index contributed by atoms with van der Waals surface area (Å²) in [4.78, 5) is 27.9. The highest BCUT2D eigenvalue weighted by molar-refractivity contribution is 6.09. The zero-order chi connectivity index (χ0) is 21.8. The van der Waals surface area contributed by atoms with Gasteiger partial charge in [0.2, 0.25) is 0 Å². The quantitative estimate of drug-likeness (QED) is 0.635. The third-order valence-corrected chi connectivity index (χ3v) is 5.69. The molecule has 0 aliphatic carbocycles. The lowest BCUT2D eigenvalue weighted by Gasteiger charge is -2.23. The van der Waals surface area contributed by atoms with Crippen LogP contribution < -0.4 is 15.0 Å². The van der Waals surface area contributed by atoms with Crippen molar-refractivity contribution in [2.24, 2.45) is 0 Å². The second-order valence-electron chi connectivity index (χ2n) is 7.73. The molecule has 3 aromatic carbocycles. The third kappa shape index (κ3) is 4.31. The van der Waals surface area contributed by atoms with Gasteiger partial charge in [-0.25, -0.2) is 0 Å². The zero-order valence-corrected chi connectivity index (χ0v) is 17.9. The van der Waals surface area contributed by atoms with Gasteiger partial charge in [0.05, 0.1) is 12.8 Å². The first-order valence-corrected chi connectivity index (χ1v) is 10.5. The van der Waals surface area contributed by atoms with Gasteiger partial charge >= 0.3 is 0 Å². The van der Waals surface area contributed by atoms with Crippen LogP contribution in [-0.2, 0) is 6.42 Å². The van der Waals surface area contributed by atoms with E-state index in [0.29, 0.717) is 29.1 Å². The monoisotopic (exact) mass is 414 g/mol. The van der Waals surface area contributed by atoms with Crippen LogP contribution in [0.3, 0.4) is 0 Å². The predicted octanol–water partition coefficient (Wildman–Crippen LogP) is 5.24. The minimum absolute atomic E-state index is 0.0653. The number of anilines is 2. The molecule has 0 saturated carbocycles. The Morgan fingerprint density at radius 3 is 2.55 bits per heavy atom. The molecule has 0 radical (unpaired) electrons. The molecule has 158 valence electrons. The Bertz CT molecular complexity index is 1120. The number of hydrogen-bond donors (Lipinski definition) is 1. The van der Waals surface area contributed by atoms with Gasteiger partial charge in [0.15, 0.2) is 0 Å². The Morgan fingerprint density at radius 2 is 1.74 bits per heavy atom. The molecule has 1 heterocycles. The van der Waals surface area contributed by atoms with Crippen molar-refractivity contribution < 1.29 is 14.3 Å². The Kier molecular flexibility index (Phi) is 6.03. The Morgan fingerprint density at radius 1 is 0.968 bits per heavy atom. The molecule has 3 aromatic rings. The maximum atomic E-state index is 13.4. The summed E-state index contributed by atoms with van der Waals surface area (Å²) in [7, 11) is 1.54. The number of hydrogen-bond acceptors (Lipinski definition) is 3. The van der Waals surface area contributed by atoms with E-state index < -0.39 is 0 Å². The number of methoxy groups -OCH3 is 1. The summed E-state index contributed by atoms with van der Waals surface area (Å²) in [5.74, 6) is 0.178. The number of rotatable bonds is 4. The molecule has 5 nitrogen and oxygen atoms in total. The van der Waals surface area contributed by atoms with E-state index in [1.807, 2.05) is 48.2 Å². The fourth-order valence-electron chi connectivity index (χ4n) is 4.00. The number of nitrogens with one attached hydrogen (secondary N) is 1. The summed E-state index contributed by atoms with van der Waals surface area (Å²) in [5, 5.41) is 2.90. The Labute approximate surface area is 182 Å². The average molecular weight is 415 g/mol. The summed E-state index contributed by atoms with van der Waals surface area (Å²) in [5.41, 5.74) is 4.73. The molecular formula is C26H26N2O3. The number of benzene rings is 3. The number of amides is 2. The van der Waals surface area contributed by atoms with Crippen LogP contribution in [-0.4, -0.2) is 25.5 Å². The van der Waals surface area contributed by atoms with Gasteiger partial charge in [0.1, 0.15) is 5.75 Å². The maximum absolute atomic E-state index is 13.4. The van der Waals surface area contributed by atoms with E-state index in [9.17, 15) is 9.59 Å². The van der Waals surface area contributed by atoms with Gasteiger partial charge in [0, 0.05) is 23.4 Å². The summed E-state index contributed by atoms with van der Waals surface area (Å²) < 4.78 is 5.50. The molecule has 0 spiro atoms. The van der Waals surface area contributed by atoms with E-state index >= 15 is 0 Å². The number of carbonyl (C=O) groups is 2. The molecule has 31 heavy (non-hydrogen) atoms. The first kappa shape index (κ1) is 20.7. The molecule has 1 aliphatic rings. The summed E-state index contributed by atoms with van der Waals surface area (Å²) >= 11 is 0. The first-order chi connectivity index (χ1) is 15.1. The van der Waals surface area contributed by atoms with Crippen LogP contribution in [0.15, 0.2) is 66.7 Å². The molecule has 0 fully saturated rings. The highest BCUT2D eigenvalue weighted by atomic mass is 16.5. The molecule has 4 rings (SSSR count). The van der Waals surface area contributed by atoms with E-state index in [0.717, 1.165) is 30.5 Å². The van der Waals surface area contributed by atoms with Gasteiger partial charge in [-0.3, -0.25) is 9.59 Å². The van der Waals surface area contributed by atoms with Crippen molar-refractivity contribution in [2.45, 2.75) is 26.2 Å². The Balaban J connectivity index is 1.60. The van der Waals surface area contributed by atoms with Crippen molar-refractivity contribution in [3.8, 4) is 5.75 Å². The van der Waals surface area contributed by atoms with E-state index in [4.69, 9.17) is 4.74 Å². The van der Waals surface area contributed by atoms with Gasteiger partial charge in [-0.05, 0) is 67.6 Å². The predicted molar refractivity (Wildman–Crippen MR) is 123 cm³/mol. The molecule has 0 atom stereocenters. The van der Waals surface area contributed by atoms with Crippen molar-refractivity contribution in [2.75, 3.05) is 23.9 Å². The fraction of sp³-hybridized carbons (Fsp3) is 0.231. The van der Waals surface area contributed by atoms with Crippen LogP contribution in [0.1, 0.15) is 44.7 Å². The van der Waals surface area contributed by atoms with Crippen molar-refractivity contribution in [1.82, 2.24) is 0 Å². The second kappa shape index (κ2) is 9.04. The van der Waals surface area contributed by atoms with Crippen molar-refractivity contribution in [1.29, 1.82) is 0 Å². The molecule has 0 bridgehead atoms. The summed E-state index contributed by atoms with van der Waals surface area (Å²) in [6.45, 7) is 2.58. The van der Waals surface area contributed by atoms with E-state index in [2.05, 4.69) is 11.4 Å². The third-order valence-electron chi connectivity index (χ3n) is 5.69. The van der Waals surface area contributed by atoms with Gasteiger partial charge < -0.3 is 15.0 Å². The Hall–Kier alpha value is -3.60. The normalized spacial score (nSPS) is 13.2. The highest BCUT2D eigenvalue weighted by Gasteiger charge is 2.23. The van der Waals surface area contributed by atoms with Crippen LogP contribution >= 0.6 is 0 Å². The molecule has 0 aromatic heterocycles. The number of ether oxygens (including phenoxy) is 1. The molecule has 1 N–H and O–H groups in total. The van der Waals surface area contributed by atoms with Crippen LogP contribution in [0.25, 0.3) is 0 Å². The van der Waals surface area contributed by atoms with E-state index in [1.165, 1.54) is 12.7 Å². The van der Waals surface area contributed by atoms with Crippen LogP contribution in [0.5, 0.6) is 5.75 Å². The van der Waals surface area contributed by atoms with Crippen molar-refractivity contribution in [3.05, 3.63) is 89.0 Å². The minimum Gasteiger partial charge on any atom is -0.495 e. The summed E-state index contributed by atoms with van der Waals surface area (Å²) in [6.07, 6.45) is 3.00. The van der Waals surface area contributed by atoms with Gasteiger partial charge in [0.25, 0.3) is 11.8 Å². The SMILES string of the molecule is COc1cc(C(=O)N2CCCCc3ccccc32)ccc1NC(=O)c1ccccc1C. The van der Waals surface area contributed by atoms with Gasteiger partial charge in [-0.2, -0.15) is 0 Å². The standard InChI is InChI=1S/C26H26N2O3/c1-18-9-3-5-12-21(18)25(29)27-22-15-14-20(17-24(22)31-2)26(30)28-16-8-7-11-19-10-4-6-13-23(19)28/h3-6,9-10,12-15,17H,7-8,11,16H2,1-2H3,(H,27,29). The maximum Gasteiger partial charge on any atom is 0.258 e. The highest BCUT2D eigenvalue weighted by Crippen LogP contribution is 2.31. The summed E-state index contributed by atoms with van der Waals surface area (Å²) in [6, 6.07) is 20.7. The van der Waals surface area contributed by atoms with Gasteiger partial charge in [-0.15, -0.1) is 0 Å². The van der Waals surface area contributed by atoms with Crippen LogP contribution in [0.2, 0.25) is 0 Å². The molecule has 2 amide bonds. The topological polar surface area (TPSA) is 58.6 Å². The first-order valence-electron chi connectivity index (χ1n) is 10.5. The van der Waals surface area contributed by atoms with Crippen LogP contribution in [0, 0.1) is 6.92 Å². The lowest BCUT2D eigenvalue weighted by atomic mass is 10.1. The van der Waals surface area contributed by atoms with Crippen molar-refractivity contribution >= 4 is 23.2 Å². The largest absolute Gasteiger partial charge is 0.495 e. The molecular weight excluding hydrogens is 388 g/mol. The number of aryl methyl sites for hydroxylation is 2. The molecule has 5 heteroatoms. The van der Waals surface area contributed by atoms with E-state index in [1.54, 1.807) is 24.3 Å². The molecule has 0 unspecified atom stereocenters. The molecule has 0 saturated heterocycles. The lowest BCUT2D eigenvalue weighted by Crippen LogP contribution is -2.31. The smallest absolute Gasteiger partial charge is 0.258 e. The number of para-hydroxylation sites is 1. The number of nitrogens with zero attached hydrogens (tertiary/aromatic N) is 1. The van der Waals surface area contributed by atoms with Crippen LogP contribution in [0.4, 0.5) is 11.4 Å². The second-order valence-corrected chi connectivity index (χ2v) is 7.73. The zero-order valence-electron chi connectivity index (χ0n) is 17.9. The number of carbonyl (C=O) groups excluding carboxylic acids is 2. The minimum atomic E-state index is -0.211. The lowest BCUT2D eigenvalue weighted by molar-refractivity contribution is 0.0985. The fourth-order valence-corrected chi connectivity index (χ4v) is 4.00. The van der Waals surface area contributed by atoms with E-state index in [-0.39, 0.29) is 11.8 Å². The average Bonchev–Trinajstić information content (AvgIpc) is 3.01. The number of fused-ring (bicyclic) bond motifs is 1. The molecule has 1 aliphatic heterocycles. The van der Waals surface area contributed by atoms with Gasteiger partial charge in [-0.1, -0.05) is 36.4 Å².